The van der Waals surface area contributed by atoms with Gasteiger partial charge in [-0.1, -0.05) is 0 Å². The average molecular weight is 198 g/mol. The first-order chi connectivity index (χ1) is 5.90. The molecule has 0 radical (unpaired) electrons. The summed E-state index contributed by atoms with van der Waals surface area (Å²) >= 11 is 1.46. The van der Waals surface area contributed by atoms with Gasteiger partial charge in [0.05, 0.1) is 5.56 Å². The predicted molar refractivity (Wildman–Crippen MR) is 54.7 cm³/mol. The maximum Gasteiger partial charge on any atom is 0.185 e. The molecule has 0 amide bonds. The Kier molecular flexibility index (Phi) is 2.76. The molecule has 0 aliphatic heterocycles. The molecule has 0 saturated heterocycles. The maximum absolute atomic E-state index is 11.1. The first-order valence-electron chi connectivity index (χ1n) is 4.17. The van der Waals surface area contributed by atoms with E-state index in [1.807, 2.05) is 26.2 Å². The van der Waals surface area contributed by atoms with Crippen LogP contribution in [0.15, 0.2) is 11.4 Å². The molecule has 0 fully saturated rings. The van der Waals surface area contributed by atoms with Crippen molar-refractivity contribution in [3.05, 3.63) is 17.0 Å². The number of rotatable bonds is 2. The molecule has 3 heteroatoms. The Morgan fingerprint density at radius 3 is 2.54 bits per heavy atom. The average Bonchev–Trinajstić information content (AvgIpc) is 2.31. The molecule has 0 unspecified atom stereocenters. The van der Waals surface area contributed by atoms with Gasteiger partial charge in [-0.2, -0.15) is 0 Å². The molecule has 1 aromatic rings. The van der Waals surface area contributed by atoms with E-state index >= 15 is 0 Å². The topological polar surface area (TPSA) is 26.3 Å². The highest BCUT2D eigenvalue weighted by Gasteiger charge is 2.17. The van der Waals surface area contributed by atoms with Gasteiger partial charge in [-0.05, 0) is 39.1 Å². The highest BCUT2D eigenvalue weighted by atomic mass is 32.1. The van der Waals surface area contributed by atoms with Crippen molar-refractivity contribution in [3.63, 3.8) is 0 Å². The van der Waals surface area contributed by atoms with Crippen LogP contribution < -0.4 is 4.74 Å². The van der Waals surface area contributed by atoms with E-state index in [-0.39, 0.29) is 11.4 Å². The van der Waals surface area contributed by atoms with E-state index in [1.165, 1.54) is 11.3 Å². The monoisotopic (exact) mass is 198 g/mol. The third kappa shape index (κ3) is 2.84. The zero-order valence-corrected chi connectivity index (χ0v) is 9.20. The van der Waals surface area contributed by atoms with Crippen molar-refractivity contribution in [2.45, 2.75) is 33.3 Å². The van der Waals surface area contributed by atoms with E-state index in [0.717, 1.165) is 5.06 Å². The van der Waals surface area contributed by atoms with Gasteiger partial charge in [0.15, 0.2) is 10.8 Å². The van der Waals surface area contributed by atoms with Gasteiger partial charge in [0.2, 0.25) is 0 Å². The van der Waals surface area contributed by atoms with Gasteiger partial charge in [0.1, 0.15) is 5.60 Å². The lowest BCUT2D eigenvalue weighted by Gasteiger charge is -2.20. The minimum absolute atomic E-state index is 0.0560. The number of thiophene rings is 1. The lowest BCUT2D eigenvalue weighted by Crippen LogP contribution is -2.23. The van der Waals surface area contributed by atoms with Crippen LogP contribution in [-0.2, 0) is 0 Å². The minimum atomic E-state index is -0.241. The van der Waals surface area contributed by atoms with Crippen LogP contribution in [0.25, 0.3) is 0 Å². The molecule has 0 N–H and O–H groups in total. The summed E-state index contributed by atoms with van der Waals surface area (Å²) in [5, 5.41) is 2.60. The van der Waals surface area contributed by atoms with Gasteiger partial charge in [0, 0.05) is 0 Å². The van der Waals surface area contributed by atoms with Crippen LogP contribution in [0.3, 0.4) is 0 Å². The van der Waals surface area contributed by atoms with E-state index in [1.54, 1.807) is 13.0 Å². The zero-order chi connectivity index (χ0) is 10.1. The molecular formula is C10H14O2S. The molecule has 0 bridgehead atoms. The molecular weight excluding hydrogens is 184 g/mol. The summed E-state index contributed by atoms with van der Waals surface area (Å²) < 4.78 is 5.63. The molecule has 2 nitrogen and oxygen atoms in total. The standard InChI is InChI=1S/C10H14O2S/c1-7(11)8-5-6-13-9(8)12-10(2,3)4/h5-6H,1-4H3. The second-order valence-electron chi connectivity index (χ2n) is 3.89. The molecule has 0 aromatic carbocycles. The first-order valence-corrected chi connectivity index (χ1v) is 5.05. The normalized spacial score (nSPS) is 11.4. The van der Waals surface area contributed by atoms with Gasteiger partial charge < -0.3 is 4.74 Å². The molecule has 72 valence electrons. The van der Waals surface area contributed by atoms with Crippen molar-refractivity contribution in [2.24, 2.45) is 0 Å². The van der Waals surface area contributed by atoms with E-state index in [0.29, 0.717) is 5.56 Å². The van der Waals surface area contributed by atoms with Crippen molar-refractivity contribution >= 4 is 17.1 Å². The summed E-state index contributed by atoms with van der Waals surface area (Å²) in [6.45, 7) is 7.46. The van der Waals surface area contributed by atoms with Gasteiger partial charge in [-0.3, -0.25) is 4.79 Å². The summed E-state index contributed by atoms with van der Waals surface area (Å²) in [5.41, 5.74) is 0.439. The molecule has 0 aliphatic carbocycles. The SMILES string of the molecule is CC(=O)c1ccsc1OC(C)(C)C. The van der Waals surface area contributed by atoms with Gasteiger partial charge in [-0.25, -0.2) is 0 Å². The number of hydrogen-bond donors (Lipinski definition) is 0. The summed E-state index contributed by atoms with van der Waals surface area (Å²) in [4.78, 5) is 11.1. The summed E-state index contributed by atoms with van der Waals surface area (Å²) in [6.07, 6.45) is 0. The van der Waals surface area contributed by atoms with Crippen molar-refractivity contribution in [2.75, 3.05) is 0 Å². The number of hydrogen-bond acceptors (Lipinski definition) is 3. The Bertz CT molecular complexity index is 307. The van der Waals surface area contributed by atoms with Gasteiger partial charge in [-0.15, -0.1) is 11.3 Å². The van der Waals surface area contributed by atoms with Crippen LogP contribution >= 0.6 is 11.3 Å². The molecule has 13 heavy (non-hydrogen) atoms. The Hall–Kier alpha value is -0.830. The van der Waals surface area contributed by atoms with E-state index < -0.39 is 0 Å². The fourth-order valence-electron chi connectivity index (χ4n) is 0.914. The second kappa shape index (κ2) is 3.50. The predicted octanol–water partition coefficient (Wildman–Crippen LogP) is 3.13. The van der Waals surface area contributed by atoms with Crippen LogP contribution in [0.1, 0.15) is 38.1 Å². The minimum Gasteiger partial charge on any atom is -0.478 e. The largest absolute Gasteiger partial charge is 0.478 e. The number of Topliss-reactive ketones (excluding diaryl/α,β-unsaturated/α-hetero) is 1. The Labute approximate surface area is 82.5 Å². The Morgan fingerprint density at radius 2 is 2.08 bits per heavy atom. The second-order valence-corrected chi connectivity index (χ2v) is 4.77. The van der Waals surface area contributed by atoms with Crippen LogP contribution in [0.4, 0.5) is 0 Å². The molecule has 0 atom stereocenters. The quantitative estimate of drug-likeness (QED) is 0.682. The first kappa shape index (κ1) is 10.3. The van der Waals surface area contributed by atoms with Crippen LogP contribution in [0.2, 0.25) is 0 Å². The summed E-state index contributed by atoms with van der Waals surface area (Å²) in [7, 11) is 0. The highest BCUT2D eigenvalue weighted by molar-refractivity contribution is 7.12. The molecule has 0 saturated carbocycles. The van der Waals surface area contributed by atoms with Crippen LogP contribution in [0, 0.1) is 0 Å². The van der Waals surface area contributed by atoms with E-state index in [9.17, 15) is 4.79 Å². The number of carbonyl (C=O) groups is 1. The maximum atomic E-state index is 11.1. The fraction of sp³-hybridized carbons (Fsp3) is 0.500. The van der Waals surface area contributed by atoms with Crippen molar-refractivity contribution in [1.82, 2.24) is 0 Å². The van der Waals surface area contributed by atoms with Gasteiger partial charge in [0.25, 0.3) is 0 Å². The van der Waals surface area contributed by atoms with Crippen molar-refractivity contribution < 1.29 is 9.53 Å². The Balaban J connectivity index is 2.89. The summed E-state index contributed by atoms with van der Waals surface area (Å²) in [5.74, 6) is 0.0560. The van der Waals surface area contributed by atoms with E-state index in [2.05, 4.69) is 0 Å². The lowest BCUT2D eigenvalue weighted by molar-refractivity contribution is 0.0996. The van der Waals surface area contributed by atoms with E-state index in [4.69, 9.17) is 4.74 Å². The van der Waals surface area contributed by atoms with Crippen LogP contribution in [0.5, 0.6) is 5.06 Å². The zero-order valence-electron chi connectivity index (χ0n) is 8.38. The third-order valence-electron chi connectivity index (χ3n) is 1.41. The smallest absolute Gasteiger partial charge is 0.185 e. The number of ether oxygens (including phenoxy) is 1. The molecule has 1 aromatic heterocycles. The lowest BCUT2D eigenvalue weighted by atomic mass is 10.2. The summed E-state index contributed by atoms with van der Waals surface area (Å²) in [6, 6.07) is 1.80. The molecule has 1 heterocycles. The number of carbonyl (C=O) groups excluding carboxylic acids is 1. The third-order valence-corrected chi connectivity index (χ3v) is 2.20. The Morgan fingerprint density at radius 1 is 1.46 bits per heavy atom. The van der Waals surface area contributed by atoms with Crippen molar-refractivity contribution in [1.29, 1.82) is 0 Å². The van der Waals surface area contributed by atoms with Crippen LogP contribution in [-0.4, -0.2) is 11.4 Å². The van der Waals surface area contributed by atoms with Crippen molar-refractivity contribution in [3.8, 4) is 5.06 Å². The highest BCUT2D eigenvalue weighted by Crippen LogP contribution is 2.29. The van der Waals surface area contributed by atoms with Gasteiger partial charge >= 0.3 is 0 Å². The molecule has 1 rings (SSSR count). The molecule has 0 spiro atoms. The molecule has 0 aliphatic rings. The fourth-order valence-corrected chi connectivity index (χ4v) is 1.88. The number of ketones is 1.